The zero-order chi connectivity index (χ0) is 14.8. The molecule has 2 unspecified atom stereocenters. The minimum atomic E-state index is -0.856. The highest BCUT2D eigenvalue weighted by Crippen LogP contribution is 2.39. The van der Waals surface area contributed by atoms with Crippen molar-refractivity contribution in [2.75, 3.05) is 20.2 Å². The molecule has 0 saturated carbocycles. The summed E-state index contributed by atoms with van der Waals surface area (Å²) >= 11 is 0. The van der Waals surface area contributed by atoms with Crippen molar-refractivity contribution in [3.8, 4) is 0 Å². The number of methoxy groups -OCH3 is 1. The molecular weight excluding hydrogens is 246 g/mol. The number of ether oxygens (including phenoxy) is 1. The number of aliphatic carboxylic acids is 1. The van der Waals surface area contributed by atoms with Gasteiger partial charge in [0.1, 0.15) is 5.60 Å². The fourth-order valence-corrected chi connectivity index (χ4v) is 2.62. The van der Waals surface area contributed by atoms with Gasteiger partial charge in [0.05, 0.1) is 5.41 Å². The first-order valence-corrected chi connectivity index (χ1v) is 6.81. The molecule has 0 spiro atoms. The number of carbonyl (C=O) groups is 2. The van der Waals surface area contributed by atoms with E-state index in [-0.39, 0.29) is 18.4 Å². The minimum Gasteiger partial charge on any atom is -0.481 e. The maximum absolute atomic E-state index is 12.5. The number of rotatable bonds is 5. The molecule has 1 heterocycles. The SMILES string of the molecule is CCC(C)(OC)C(=O)N1CCC(C(=O)O)(C(C)C)C1. The number of nitrogens with zero attached hydrogens (tertiary/aromatic N) is 1. The lowest BCUT2D eigenvalue weighted by Gasteiger charge is -2.33. The van der Waals surface area contributed by atoms with Crippen LogP contribution in [0.25, 0.3) is 0 Å². The zero-order valence-corrected chi connectivity index (χ0v) is 12.5. The monoisotopic (exact) mass is 271 g/mol. The predicted octanol–water partition coefficient (Wildman–Crippen LogP) is 1.76. The van der Waals surface area contributed by atoms with Crippen LogP contribution >= 0.6 is 0 Å². The smallest absolute Gasteiger partial charge is 0.311 e. The molecule has 1 aliphatic rings. The first-order chi connectivity index (χ1) is 8.73. The molecule has 110 valence electrons. The average molecular weight is 271 g/mol. The fraction of sp³-hybridized carbons (Fsp3) is 0.857. The highest BCUT2D eigenvalue weighted by atomic mass is 16.5. The van der Waals surface area contributed by atoms with Crippen LogP contribution in [0.3, 0.4) is 0 Å². The van der Waals surface area contributed by atoms with Gasteiger partial charge in [0.25, 0.3) is 5.91 Å². The van der Waals surface area contributed by atoms with Crippen LogP contribution in [0.5, 0.6) is 0 Å². The van der Waals surface area contributed by atoms with E-state index >= 15 is 0 Å². The highest BCUT2D eigenvalue weighted by molar-refractivity contribution is 5.86. The number of carboxylic acids is 1. The van der Waals surface area contributed by atoms with Gasteiger partial charge >= 0.3 is 5.97 Å². The summed E-state index contributed by atoms with van der Waals surface area (Å²) < 4.78 is 5.31. The number of amides is 1. The van der Waals surface area contributed by atoms with E-state index in [0.717, 1.165) is 0 Å². The fourth-order valence-electron chi connectivity index (χ4n) is 2.62. The molecule has 5 nitrogen and oxygen atoms in total. The van der Waals surface area contributed by atoms with Crippen molar-refractivity contribution in [3.05, 3.63) is 0 Å². The molecule has 0 bridgehead atoms. The van der Waals surface area contributed by atoms with Crippen LogP contribution in [0.4, 0.5) is 0 Å². The van der Waals surface area contributed by atoms with Gasteiger partial charge in [0.2, 0.25) is 0 Å². The molecule has 0 aromatic carbocycles. The van der Waals surface area contributed by atoms with Crippen molar-refractivity contribution in [1.82, 2.24) is 4.90 Å². The molecule has 1 fully saturated rings. The second kappa shape index (κ2) is 5.49. The van der Waals surface area contributed by atoms with Crippen molar-refractivity contribution in [3.63, 3.8) is 0 Å². The quantitative estimate of drug-likeness (QED) is 0.827. The van der Waals surface area contributed by atoms with Crippen LogP contribution in [-0.4, -0.2) is 47.7 Å². The molecule has 0 aliphatic carbocycles. The second-order valence-electron chi connectivity index (χ2n) is 5.88. The van der Waals surface area contributed by atoms with Crippen LogP contribution in [0.1, 0.15) is 40.5 Å². The minimum absolute atomic E-state index is 0.00164. The van der Waals surface area contributed by atoms with E-state index in [9.17, 15) is 14.7 Å². The Morgan fingerprint density at radius 3 is 2.37 bits per heavy atom. The van der Waals surface area contributed by atoms with E-state index in [1.165, 1.54) is 7.11 Å². The van der Waals surface area contributed by atoms with Crippen molar-refractivity contribution in [2.45, 2.75) is 46.1 Å². The molecule has 1 N–H and O–H groups in total. The van der Waals surface area contributed by atoms with Crippen LogP contribution in [0.2, 0.25) is 0 Å². The maximum atomic E-state index is 12.5. The Morgan fingerprint density at radius 1 is 1.47 bits per heavy atom. The molecular formula is C14H25NO4. The van der Waals surface area contributed by atoms with Gasteiger partial charge in [-0.2, -0.15) is 0 Å². The van der Waals surface area contributed by atoms with Crippen LogP contribution < -0.4 is 0 Å². The summed E-state index contributed by atoms with van der Waals surface area (Å²) in [5.74, 6) is -0.923. The third kappa shape index (κ3) is 2.61. The van der Waals surface area contributed by atoms with Crippen LogP contribution in [-0.2, 0) is 14.3 Å². The van der Waals surface area contributed by atoms with Crippen LogP contribution in [0.15, 0.2) is 0 Å². The normalized spacial score (nSPS) is 26.5. The highest BCUT2D eigenvalue weighted by Gasteiger charge is 2.50. The largest absolute Gasteiger partial charge is 0.481 e. The van der Waals surface area contributed by atoms with E-state index in [4.69, 9.17) is 4.74 Å². The first kappa shape index (κ1) is 16.0. The van der Waals surface area contributed by atoms with Gasteiger partial charge < -0.3 is 14.7 Å². The van der Waals surface area contributed by atoms with Crippen molar-refractivity contribution in [1.29, 1.82) is 0 Å². The molecule has 0 aromatic heterocycles. The molecule has 0 radical (unpaired) electrons. The average Bonchev–Trinajstić information content (AvgIpc) is 2.83. The van der Waals surface area contributed by atoms with Gasteiger partial charge in [-0.3, -0.25) is 9.59 Å². The van der Waals surface area contributed by atoms with Crippen molar-refractivity contribution >= 4 is 11.9 Å². The molecule has 5 heteroatoms. The summed E-state index contributed by atoms with van der Waals surface area (Å²) in [6, 6.07) is 0. The Morgan fingerprint density at radius 2 is 2.05 bits per heavy atom. The summed E-state index contributed by atoms with van der Waals surface area (Å²) in [6.45, 7) is 8.21. The van der Waals surface area contributed by atoms with Crippen molar-refractivity contribution < 1.29 is 19.4 Å². The standard InChI is InChI=1S/C14H25NO4/c1-6-13(4,19-5)11(16)15-8-7-14(9-15,10(2)3)12(17)18/h10H,6-9H2,1-5H3,(H,17,18). The van der Waals surface area contributed by atoms with E-state index in [2.05, 4.69) is 0 Å². The Kier molecular flexibility index (Phi) is 4.61. The summed E-state index contributed by atoms with van der Waals surface area (Å²) in [5, 5.41) is 9.48. The van der Waals surface area contributed by atoms with E-state index in [0.29, 0.717) is 19.4 Å². The number of carbonyl (C=O) groups excluding carboxylic acids is 1. The number of hydrogen-bond acceptors (Lipinski definition) is 3. The predicted molar refractivity (Wildman–Crippen MR) is 71.8 cm³/mol. The lowest BCUT2D eigenvalue weighted by atomic mass is 9.76. The molecule has 1 rings (SSSR count). The third-order valence-corrected chi connectivity index (χ3v) is 4.70. The maximum Gasteiger partial charge on any atom is 0.311 e. The summed E-state index contributed by atoms with van der Waals surface area (Å²) in [7, 11) is 1.52. The van der Waals surface area contributed by atoms with Gasteiger partial charge in [-0.25, -0.2) is 0 Å². The summed E-state index contributed by atoms with van der Waals surface area (Å²) in [5.41, 5.74) is -1.68. The third-order valence-electron chi connectivity index (χ3n) is 4.70. The Hall–Kier alpha value is -1.10. The topological polar surface area (TPSA) is 66.8 Å². The van der Waals surface area contributed by atoms with Crippen LogP contribution in [0, 0.1) is 11.3 Å². The van der Waals surface area contributed by atoms with E-state index in [1.54, 1.807) is 11.8 Å². The number of carboxylic acid groups (broad SMARTS) is 1. The molecule has 2 atom stereocenters. The van der Waals surface area contributed by atoms with Gasteiger partial charge in [-0.15, -0.1) is 0 Å². The van der Waals surface area contributed by atoms with E-state index in [1.807, 2.05) is 20.8 Å². The number of likely N-dealkylation sites (tertiary alicyclic amines) is 1. The lowest BCUT2D eigenvalue weighted by molar-refractivity contribution is -0.155. The van der Waals surface area contributed by atoms with Gasteiger partial charge in [0.15, 0.2) is 0 Å². The molecule has 1 saturated heterocycles. The summed E-state index contributed by atoms with van der Waals surface area (Å²) in [4.78, 5) is 25.7. The Balaban J connectivity index is 2.92. The molecule has 0 aromatic rings. The van der Waals surface area contributed by atoms with E-state index < -0.39 is 17.0 Å². The molecule has 1 aliphatic heterocycles. The lowest BCUT2D eigenvalue weighted by Crippen LogP contribution is -2.49. The second-order valence-corrected chi connectivity index (χ2v) is 5.88. The number of hydrogen-bond donors (Lipinski definition) is 1. The Bertz CT molecular complexity index is 362. The van der Waals surface area contributed by atoms with Crippen molar-refractivity contribution in [2.24, 2.45) is 11.3 Å². The van der Waals surface area contributed by atoms with Gasteiger partial charge in [-0.05, 0) is 25.7 Å². The zero-order valence-electron chi connectivity index (χ0n) is 12.5. The van der Waals surface area contributed by atoms with Gasteiger partial charge in [0, 0.05) is 20.2 Å². The summed E-state index contributed by atoms with van der Waals surface area (Å²) in [6.07, 6.45) is 1.08. The van der Waals surface area contributed by atoms with Gasteiger partial charge in [-0.1, -0.05) is 20.8 Å². The first-order valence-electron chi connectivity index (χ1n) is 6.81. The Labute approximate surface area is 114 Å². The molecule has 19 heavy (non-hydrogen) atoms. The molecule has 1 amide bonds.